The fraction of sp³-hybridized carbons (Fsp3) is 0.562. The van der Waals surface area contributed by atoms with Gasteiger partial charge < -0.3 is 10.1 Å². The Morgan fingerprint density at radius 2 is 1.79 bits per heavy atom. The van der Waals surface area contributed by atoms with Gasteiger partial charge in [0.05, 0.1) is 0 Å². The van der Waals surface area contributed by atoms with Crippen molar-refractivity contribution in [1.82, 2.24) is 5.32 Å². The van der Waals surface area contributed by atoms with Crippen molar-refractivity contribution in [1.29, 1.82) is 0 Å². The Bertz CT molecular complexity index is 398. The van der Waals surface area contributed by atoms with Crippen molar-refractivity contribution in [2.75, 3.05) is 0 Å². The van der Waals surface area contributed by atoms with Crippen LogP contribution in [0.4, 0.5) is 0 Å². The summed E-state index contributed by atoms with van der Waals surface area (Å²) in [6, 6.07) is 7.92. The maximum Gasteiger partial charge on any atom is 0.261 e. The van der Waals surface area contributed by atoms with Crippen LogP contribution in [0.15, 0.2) is 24.3 Å². The predicted molar refractivity (Wildman–Crippen MR) is 78.3 cm³/mol. The van der Waals surface area contributed by atoms with Crippen molar-refractivity contribution in [3.05, 3.63) is 29.8 Å². The Kier molecular flexibility index (Phi) is 5.87. The van der Waals surface area contributed by atoms with Crippen molar-refractivity contribution >= 4 is 5.91 Å². The maximum atomic E-state index is 12.1. The third kappa shape index (κ3) is 4.93. The summed E-state index contributed by atoms with van der Waals surface area (Å²) in [5, 5.41) is 3.00. The highest BCUT2D eigenvalue weighted by Gasteiger charge is 2.21. The van der Waals surface area contributed by atoms with E-state index in [0.717, 1.165) is 5.75 Å². The van der Waals surface area contributed by atoms with Gasteiger partial charge in [-0.25, -0.2) is 0 Å². The van der Waals surface area contributed by atoms with Gasteiger partial charge in [0, 0.05) is 6.04 Å². The van der Waals surface area contributed by atoms with E-state index in [9.17, 15) is 4.79 Å². The number of aryl methyl sites for hydroxylation is 1. The van der Waals surface area contributed by atoms with Crippen molar-refractivity contribution in [3.63, 3.8) is 0 Å². The van der Waals surface area contributed by atoms with Crippen LogP contribution in [0.5, 0.6) is 5.75 Å². The molecule has 19 heavy (non-hydrogen) atoms. The van der Waals surface area contributed by atoms with Crippen LogP contribution >= 0.6 is 0 Å². The Labute approximate surface area is 116 Å². The van der Waals surface area contributed by atoms with Crippen LogP contribution in [0, 0.1) is 12.8 Å². The number of nitrogens with one attached hydrogen (secondary N) is 1. The number of benzene rings is 1. The number of rotatable bonds is 6. The van der Waals surface area contributed by atoms with Crippen molar-refractivity contribution in [3.8, 4) is 5.75 Å². The molecule has 3 nitrogen and oxygen atoms in total. The fourth-order valence-electron chi connectivity index (χ4n) is 1.59. The molecule has 1 rings (SSSR count). The normalized spacial score (nSPS) is 14.0. The molecule has 3 heteroatoms. The van der Waals surface area contributed by atoms with Crippen LogP contribution in [-0.4, -0.2) is 18.1 Å². The third-order valence-electron chi connectivity index (χ3n) is 3.33. The van der Waals surface area contributed by atoms with Gasteiger partial charge in [-0.3, -0.25) is 4.79 Å². The molecule has 1 N–H and O–H groups in total. The second kappa shape index (κ2) is 7.17. The molecule has 0 saturated heterocycles. The number of hydrogen-bond acceptors (Lipinski definition) is 2. The molecule has 0 radical (unpaired) electrons. The molecule has 0 fully saturated rings. The summed E-state index contributed by atoms with van der Waals surface area (Å²) in [6.45, 7) is 10.2. The first kappa shape index (κ1) is 15.5. The van der Waals surface area contributed by atoms with Gasteiger partial charge in [-0.15, -0.1) is 0 Å². The number of amides is 1. The van der Waals surface area contributed by atoms with Crippen molar-refractivity contribution in [2.45, 2.75) is 53.2 Å². The number of ether oxygens (including phenoxy) is 1. The Hall–Kier alpha value is -1.51. The van der Waals surface area contributed by atoms with Crippen LogP contribution in [0.1, 0.15) is 39.7 Å². The van der Waals surface area contributed by atoms with E-state index >= 15 is 0 Å². The minimum Gasteiger partial charge on any atom is -0.481 e. The molecular formula is C16H25NO2. The highest BCUT2D eigenvalue weighted by atomic mass is 16.5. The lowest BCUT2D eigenvalue weighted by Gasteiger charge is -2.22. The zero-order chi connectivity index (χ0) is 14.4. The van der Waals surface area contributed by atoms with Gasteiger partial charge in [0.2, 0.25) is 0 Å². The van der Waals surface area contributed by atoms with Gasteiger partial charge in [-0.2, -0.15) is 0 Å². The summed E-state index contributed by atoms with van der Waals surface area (Å²) >= 11 is 0. The standard InChI is InChI=1S/C16H25NO2/c1-6-15(16(18)17-13(5)11(2)3)19-14-9-7-12(4)8-10-14/h7-11,13,15H,6H2,1-5H3,(H,17,18)/t13-,15+/m1/s1. The summed E-state index contributed by atoms with van der Waals surface area (Å²) in [5.74, 6) is 1.12. The second-order valence-corrected chi connectivity index (χ2v) is 5.37. The SMILES string of the molecule is CC[C@H](Oc1ccc(C)cc1)C(=O)N[C@H](C)C(C)C. The molecule has 0 unspecified atom stereocenters. The lowest BCUT2D eigenvalue weighted by Crippen LogP contribution is -2.44. The van der Waals surface area contributed by atoms with E-state index in [1.807, 2.05) is 45.0 Å². The molecule has 0 spiro atoms. The zero-order valence-corrected chi connectivity index (χ0v) is 12.6. The molecule has 0 bridgehead atoms. The Balaban J connectivity index is 2.62. The first-order valence-electron chi connectivity index (χ1n) is 6.97. The summed E-state index contributed by atoms with van der Waals surface area (Å²) in [5.41, 5.74) is 1.18. The third-order valence-corrected chi connectivity index (χ3v) is 3.33. The first-order valence-corrected chi connectivity index (χ1v) is 6.97. The van der Waals surface area contributed by atoms with E-state index in [2.05, 4.69) is 19.2 Å². The predicted octanol–water partition coefficient (Wildman–Crippen LogP) is 3.31. The zero-order valence-electron chi connectivity index (χ0n) is 12.6. The van der Waals surface area contributed by atoms with Crippen LogP contribution in [-0.2, 0) is 4.79 Å². The molecule has 1 amide bonds. The molecule has 0 aliphatic rings. The summed E-state index contributed by atoms with van der Waals surface area (Å²) < 4.78 is 5.75. The van der Waals surface area contributed by atoms with E-state index in [0.29, 0.717) is 12.3 Å². The quantitative estimate of drug-likeness (QED) is 0.855. The average molecular weight is 263 g/mol. The molecule has 106 valence electrons. The summed E-state index contributed by atoms with van der Waals surface area (Å²) in [4.78, 5) is 12.1. The molecule has 0 aliphatic carbocycles. The van der Waals surface area contributed by atoms with E-state index in [1.54, 1.807) is 0 Å². The fourth-order valence-corrected chi connectivity index (χ4v) is 1.59. The van der Waals surface area contributed by atoms with Gasteiger partial charge in [-0.1, -0.05) is 38.5 Å². The lowest BCUT2D eigenvalue weighted by molar-refractivity contribution is -0.129. The van der Waals surface area contributed by atoms with Gasteiger partial charge in [-0.05, 0) is 38.3 Å². The smallest absolute Gasteiger partial charge is 0.261 e. The van der Waals surface area contributed by atoms with Crippen LogP contribution in [0.25, 0.3) is 0 Å². The monoisotopic (exact) mass is 263 g/mol. The van der Waals surface area contributed by atoms with Crippen LogP contribution in [0.3, 0.4) is 0 Å². The minimum absolute atomic E-state index is 0.0377. The highest BCUT2D eigenvalue weighted by Crippen LogP contribution is 2.15. The van der Waals surface area contributed by atoms with Gasteiger partial charge in [0.15, 0.2) is 6.10 Å². The average Bonchev–Trinajstić information content (AvgIpc) is 2.37. The van der Waals surface area contributed by atoms with E-state index in [1.165, 1.54) is 5.56 Å². The van der Waals surface area contributed by atoms with Crippen LogP contribution < -0.4 is 10.1 Å². The van der Waals surface area contributed by atoms with Crippen molar-refractivity contribution in [2.24, 2.45) is 5.92 Å². The minimum atomic E-state index is -0.427. The van der Waals surface area contributed by atoms with Gasteiger partial charge in [0.1, 0.15) is 5.75 Å². The second-order valence-electron chi connectivity index (χ2n) is 5.37. The van der Waals surface area contributed by atoms with Gasteiger partial charge >= 0.3 is 0 Å². The Morgan fingerprint density at radius 1 is 1.21 bits per heavy atom. The number of hydrogen-bond donors (Lipinski definition) is 1. The largest absolute Gasteiger partial charge is 0.481 e. The summed E-state index contributed by atoms with van der Waals surface area (Å²) in [6.07, 6.45) is 0.230. The highest BCUT2D eigenvalue weighted by molar-refractivity contribution is 5.81. The summed E-state index contributed by atoms with van der Waals surface area (Å²) in [7, 11) is 0. The molecule has 0 heterocycles. The van der Waals surface area contributed by atoms with Crippen molar-refractivity contribution < 1.29 is 9.53 Å². The molecular weight excluding hydrogens is 238 g/mol. The molecule has 0 aliphatic heterocycles. The molecule has 0 aromatic heterocycles. The molecule has 0 saturated carbocycles. The number of carbonyl (C=O) groups excluding carboxylic acids is 1. The molecule has 2 atom stereocenters. The molecule has 1 aromatic rings. The van der Waals surface area contributed by atoms with Gasteiger partial charge in [0.25, 0.3) is 5.91 Å². The number of carbonyl (C=O) groups is 1. The molecule has 1 aromatic carbocycles. The van der Waals surface area contributed by atoms with E-state index in [-0.39, 0.29) is 11.9 Å². The first-order chi connectivity index (χ1) is 8.93. The van der Waals surface area contributed by atoms with E-state index in [4.69, 9.17) is 4.74 Å². The Morgan fingerprint density at radius 3 is 2.26 bits per heavy atom. The lowest BCUT2D eigenvalue weighted by atomic mass is 10.1. The topological polar surface area (TPSA) is 38.3 Å². The van der Waals surface area contributed by atoms with E-state index < -0.39 is 6.10 Å². The maximum absolute atomic E-state index is 12.1. The van der Waals surface area contributed by atoms with Crippen LogP contribution in [0.2, 0.25) is 0 Å².